The van der Waals surface area contributed by atoms with Crippen LogP contribution in [0.2, 0.25) is 0 Å². The smallest absolute Gasteiger partial charge is 0.251 e. The van der Waals surface area contributed by atoms with E-state index in [0.29, 0.717) is 17.0 Å². The molecule has 110 valence electrons. The average Bonchev–Trinajstić information content (AvgIpc) is 2.66. The Balaban J connectivity index is 2.33. The summed E-state index contributed by atoms with van der Waals surface area (Å²) in [6, 6.07) is 0. The predicted octanol–water partition coefficient (Wildman–Crippen LogP) is 3.24. The Kier molecular flexibility index (Phi) is 5.17. The largest absolute Gasteiger partial charge is 0.365 e. The molecule has 0 unspecified atom stereocenters. The number of rotatable bonds is 4. The quantitative estimate of drug-likeness (QED) is 0.894. The predicted molar refractivity (Wildman–Crippen MR) is 82.3 cm³/mol. The molecule has 0 fully saturated rings. The lowest BCUT2D eigenvalue weighted by Gasteiger charge is -2.10. The van der Waals surface area contributed by atoms with Crippen LogP contribution >= 0.6 is 11.3 Å². The van der Waals surface area contributed by atoms with Gasteiger partial charge in [-0.05, 0) is 37.7 Å². The maximum atomic E-state index is 11.8. The van der Waals surface area contributed by atoms with E-state index in [0.717, 1.165) is 37.7 Å². The molecule has 20 heavy (non-hydrogen) atoms. The van der Waals surface area contributed by atoms with E-state index in [-0.39, 0.29) is 5.91 Å². The molecule has 0 spiro atoms. The standard InChI is InChI=1S/C15H22N2O2S/c1-2-7-12(18)17-15-13(14(16)19)10-8-5-3-4-6-9-11(10)20-15/h2-9H2,1H3,(H2,16,19)(H,17,18). The van der Waals surface area contributed by atoms with Crippen molar-refractivity contribution in [2.24, 2.45) is 5.73 Å². The summed E-state index contributed by atoms with van der Waals surface area (Å²) in [7, 11) is 0. The van der Waals surface area contributed by atoms with Gasteiger partial charge in [0.05, 0.1) is 5.56 Å². The molecule has 1 aromatic heterocycles. The van der Waals surface area contributed by atoms with Gasteiger partial charge in [0.2, 0.25) is 5.91 Å². The first-order valence-corrected chi connectivity index (χ1v) is 8.19. The van der Waals surface area contributed by atoms with Crippen LogP contribution < -0.4 is 11.1 Å². The maximum Gasteiger partial charge on any atom is 0.251 e. The molecule has 0 aromatic carbocycles. The highest BCUT2D eigenvalue weighted by atomic mass is 32.1. The van der Waals surface area contributed by atoms with E-state index in [1.165, 1.54) is 29.1 Å². The van der Waals surface area contributed by atoms with Crippen LogP contribution in [0.3, 0.4) is 0 Å². The van der Waals surface area contributed by atoms with E-state index in [1.54, 1.807) is 0 Å². The summed E-state index contributed by atoms with van der Waals surface area (Å²) in [5.74, 6) is -0.459. The van der Waals surface area contributed by atoms with Gasteiger partial charge >= 0.3 is 0 Å². The molecule has 0 saturated carbocycles. The number of amides is 2. The Morgan fingerprint density at radius 1 is 1.20 bits per heavy atom. The van der Waals surface area contributed by atoms with E-state index in [4.69, 9.17) is 5.73 Å². The fraction of sp³-hybridized carbons (Fsp3) is 0.600. The van der Waals surface area contributed by atoms with Crippen LogP contribution in [0.15, 0.2) is 0 Å². The fourth-order valence-electron chi connectivity index (χ4n) is 2.68. The highest BCUT2D eigenvalue weighted by Gasteiger charge is 2.23. The van der Waals surface area contributed by atoms with Gasteiger partial charge in [-0.3, -0.25) is 9.59 Å². The van der Waals surface area contributed by atoms with E-state index in [2.05, 4.69) is 5.32 Å². The zero-order valence-electron chi connectivity index (χ0n) is 12.0. The zero-order valence-corrected chi connectivity index (χ0v) is 12.8. The van der Waals surface area contributed by atoms with Crippen LogP contribution in [0.1, 0.15) is 66.2 Å². The molecule has 1 aromatic rings. The number of nitrogens with two attached hydrogens (primary N) is 1. The van der Waals surface area contributed by atoms with Gasteiger partial charge in [0.25, 0.3) is 5.91 Å². The second-order valence-electron chi connectivity index (χ2n) is 5.28. The number of carbonyl (C=O) groups excluding carboxylic acids is 2. The first kappa shape index (κ1) is 15.0. The molecular weight excluding hydrogens is 272 g/mol. The summed E-state index contributed by atoms with van der Waals surface area (Å²) in [5.41, 5.74) is 7.17. The minimum Gasteiger partial charge on any atom is -0.365 e. The monoisotopic (exact) mass is 294 g/mol. The van der Waals surface area contributed by atoms with Crippen molar-refractivity contribution in [3.05, 3.63) is 16.0 Å². The Labute approximate surface area is 123 Å². The molecule has 2 amide bonds. The molecule has 1 aliphatic rings. The third-order valence-electron chi connectivity index (χ3n) is 3.65. The average molecular weight is 294 g/mol. The van der Waals surface area contributed by atoms with E-state index < -0.39 is 5.91 Å². The summed E-state index contributed by atoms with van der Waals surface area (Å²) < 4.78 is 0. The van der Waals surface area contributed by atoms with Crippen molar-refractivity contribution in [3.8, 4) is 0 Å². The Morgan fingerprint density at radius 3 is 2.55 bits per heavy atom. The molecule has 0 atom stereocenters. The first-order valence-electron chi connectivity index (χ1n) is 7.37. The van der Waals surface area contributed by atoms with Gasteiger partial charge < -0.3 is 11.1 Å². The van der Waals surface area contributed by atoms with Crippen LogP contribution in [-0.4, -0.2) is 11.8 Å². The lowest BCUT2D eigenvalue weighted by atomic mass is 9.96. The number of fused-ring (bicyclic) bond motifs is 1. The highest BCUT2D eigenvalue weighted by Crippen LogP contribution is 2.36. The SMILES string of the molecule is CCCC(=O)Nc1sc2c(c1C(N)=O)CCCCCC2. The summed E-state index contributed by atoms with van der Waals surface area (Å²) in [6.45, 7) is 1.96. The minimum absolute atomic E-state index is 0.0378. The molecule has 1 aliphatic carbocycles. The third-order valence-corrected chi connectivity index (χ3v) is 4.85. The van der Waals surface area contributed by atoms with Crippen molar-refractivity contribution in [2.75, 3.05) is 5.32 Å². The van der Waals surface area contributed by atoms with Gasteiger partial charge in [0.15, 0.2) is 0 Å². The number of primary amides is 1. The van der Waals surface area contributed by atoms with Gasteiger partial charge in [0, 0.05) is 11.3 Å². The molecular formula is C15H22N2O2S. The Bertz CT molecular complexity index is 508. The maximum absolute atomic E-state index is 11.8. The van der Waals surface area contributed by atoms with Crippen LogP contribution in [-0.2, 0) is 17.6 Å². The van der Waals surface area contributed by atoms with Crippen LogP contribution in [0.5, 0.6) is 0 Å². The van der Waals surface area contributed by atoms with Crippen LogP contribution in [0.4, 0.5) is 5.00 Å². The van der Waals surface area contributed by atoms with Gasteiger partial charge in [0.1, 0.15) is 5.00 Å². The molecule has 0 saturated heterocycles. The van der Waals surface area contributed by atoms with Gasteiger partial charge in [-0.25, -0.2) is 0 Å². The second kappa shape index (κ2) is 6.88. The fourth-order valence-corrected chi connectivity index (χ4v) is 4.00. The van der Waals surface area contributed by atoms with Crippen molar-refractivity contribution < 1.29 is 9.59 Å². The van der Waals surface area contributed by atoms with Crippen molar-refractivity contribution in [1.82, 2.24) is 0 Å². The summed E-state index contributed by atoms with van der Waals surface area (Å²) >= 11 is 1.53. The molecule has 2 rings (SSSR count). The normalized spacial score (nSPS) is 15.1. The van der Waals surface area contributed by atoms with Crippen molar-refractivity contribution in [2.45, 2.75) is 58.3 Å². The molecule has 3 N–H and O–H groups in total. The number of anilines is 1. The summed E-state index contributed by atoms with van der Waals surface area (Å²) in [5, 5.41) is 3.52. The van der Waals surface area contributed by atoms with Crippen LogP contribution in [0, 0.1) is 0 Å². The lowest BCUT2D eigenvalue weighted by Crippen LogP contribution is -2.18. The second-order valence-corrected chi connectivity index (χ2v) is 6.39. The van der Waals surface area contributed by atoms with E-state index in [1.807, 2.05) is 6.92 Å². The van der Waals surface area contributed by atoms with E-state index in [9.17, 15) is 9.59 Å². The van der Waals surface area contributed by atoms with Gasteiger partial charge in [-0.1, -0.05) is 19.8 Å². The van der Waals surface area contributed by atoms with E-state index >= 15 is 0 Å². The molecule has 5 heteroatoms. The number of thiophene rings is 1. The Morgan fingerprint density at radius 2 is 1.90 bits per heavy atom. The number of nitrogens with one attached hydrogen (secondary N) is 1. The molecule has 0 radical (unpaired) electrons. The topological polar surface area (TPSA) is 72.2 Å². The minimum atomic E-state index is -0.421. The number of hydrogen-bond acceptors (Lipinski definition) is 3. The van der Waals surface area contributed by atoms with Crippen molar-refractivity contribution in [3.63, 3.8) is 0 Å². The zero-order chi connectivity index (χ0) is 14.5. The van der Waals surface area contributed by atoms with Gasteiger partial charge in [-0.15, -0.1) is 11.3 Å². The summed E-state index contributed by atoms with van der Waals surface area (Å²) in [6.07, 6.45) is 7.83. The molecule has 0 bridgehead atoms. The molecule has 1 heterocycles. The first-order chi connectivity index (χ1) is 9.63. The third kappa shape index (κ3) is 3.39. The van der Waals surface area contributed by atoms with Gasteiger partial charge in [-0.2, -0.15) is 0 Å². The van der Waals surface area contributed by atoms with Crippen LogP contribution in [0.25, 0.3) is 0 Å². The highest BCUT2D eigenvalue weighted by molar-refractivity contribution is 7.17. The van der Waals surface area contributed by atoms with Crippen molar-refractivity contribution >= 4 is 28.2 Å². The number of hydrogen-bond donors (Lipinski definition) is 2. The van der Waals surface area contributed by atoms with Crippen molar-refractivity contribution in [1.29, 1.82) is 0 Å². The number of aryl methyl sites for hydroxylation is 1. The molecule has 4 nitrogen and oxygen atoms in total. The Hall–Kier alpha value is -1.36. The summed E-state index contributed by atoms with van der Waals surface area (Å²) in [4.78, 5) is 24.8. The lowest BCUT2D eigenvalue weighted by molar-refractivity contribution is -0.116. The number of carbonyl (C=O) groups is 2. The molecule has 0 aliphatic heterocycles.